The largest absolute Gasteiger partial charge is 0.467 e. The van der Waals surface area contributed by atoms with Gasteiger partial charge >= 0.3 is 5.97 Å². The molecule has 1 aliphatic heterocycles. The van der Waals surface area contributed by atoms with E-state index < -0.39 is 12.0 Å². The highest BCUT2D eigenvalue weighted by molar-refractivity contribution is 7.98. The maximum Gasteiger partial charge on any atom is 0.328 e. The number of thioether (sulfide) groups is 1. The van der Waals surface area contributed by atoms with E-state index in [0.717, 1.165) is 41.5 Å². The smallest absolute Gasteiger partial charge is 0.328 e. The lowest BCUT2D eigenvalue weighted by atomic mass is 10.0. The van der Waals surface area contributed by atoms with E-state index >= 15 is 0 Å². The molecule has 0 radical (unpaired) electrons. The van der Waals surface area contributed by atoms with Gasteiger partial charge in [0.05, 0.1) is 13.7 Å². The Morgan fingerprint density at radius 1 is 1.22 bits per heavy atom. The highest BCUT2D eigenvalue weighted by Crippen LogP contribution is 2.23. The number of benzene rings is 2. The van der Waals surface area contributed by atoms with E-state index in [-0.39, 0.29) is 24.4 Å². The quantitative estimate of drug-likeness (QED) is 0.396. The first-order chi connectivity index (χ1) is 17.5. The molecule has 8 nitrogen and oxygen atoms in total. The summed E-state index contributed by atoms with van der Waals surface area (Å²) in [5.74, 6) is 0.134. The van der Waals surface area contributed by atoms with Gasteiger partial charge in [0, 0.05) is 38.6 Å². The molecule has 1 saturated heterocycles. The van der Waals surface area contributed by atoms with Gasteiger partial charge < -0.3 is 20.7 Å². The van der Waals surface area contributed by atoms with Crippen molar-refractivity contribution in [3.8, 4) is 0 Å². The van der Waals surface area contributed by atoms with Gasteiger partial charge in [-0.1, -0.05) is 42.5 Å². The minimum atomic E-state index is -0.677. The van der Waals surface area contributed by atoms with E-state index in [9.17, 15) is 14.4 Å². The highest BCUT2D eigenvalue weighted by Gasteiger charge is 2.31. The standard InChI is InChI=1S/C27H38N4O4S/c1-35-27(34)24(13-16-36-2)29-25(32)19-30(18-22-10-6-15-31(22)26(33)12-14-28)17-21-9-5-8-20-7-3-4-11-23(20)21/h3-5,7-9,11,22,24H,6,10,12-19,28H2,1-2H3,(H,29,32)/t22-,24?/m0/s1. The third-order valence-corrected chi connectivity index (χ3v) is 7.24. The second-order valence-electron chi connectivity index (χ2n) is 9.15. The van der Waals surface area contributed by atoms with Crippen LogP contribution in [0.1, 0.15) is 31.2 Å². The van der Waals surface area contributed by atoms with E-state index in [1.807, 2.05) is 29.4 Å². The number of rotatable bonds is 13. The van der Waals surface area contributed by atoms with Crippen LogP contribution in [0.2, 0.25) is 0 Å². The molecular weight excluding hydrogens is 476 g/mol. The molecule has 1 heterocycles. The lowest BCUT2D eigenvalue weighted by Gasteiger charge is -2.31. The molecule has 0 spiro atoms. The van der Waals surface area contributed by atoms with Crippen molar-refractivity contribution in [2.45, 2.75) is 44.3 Å². The molecule has 1 unspecified atom stereocenters. The molecule has 2 aromatic rings. The number of nitrogens with zero attached hydrogens (tertiary/aromatic N) is 2. The fraction of sp³-hybridized carbons (Fsp3) is 0.519. The number of nitrogens with two attached hydrogens (primary N) is 1. The van der Waals surface area contributed by atoms with Crippen molar-refractivity contribution >= 4 is 40.3 Å². The Bertz CT molecular complexity index is 1030. The molecule has 0 aliphatic carbocycles. The summed E-state index contributed by atoms with van der Waals surface area (Å²) in [5.41, 5.74) is 6.75. The average molecular weight is 515 g/mol. The molecule has 2 aromatic carbocycles. The zero-order valence-electron chi connectivity index (χ0n) is 21.3. The number of carbonyl (C=O) groups is 3. The highest BCUT2D eigenvalue weighted by atomic mass is 32.2. The Morgan fingerprint density at radius 2 is 2.00 bits per heavy atom. The van der Waals surface area contributed by atoms with Crippen LogP contribution in [0.5, 0.6) is 0 Å². The first-order valence-electron chi connectivity index (χ1n) is 12.5. The summed E-state index contributed by atoms with van der Waals surface area (Å²) < 4.78 is 4.90. The van der Waals surface area contributed by atoms with Gasteiger partial charge in [-0.15, -0.1) is 0 Å². The Morgan fingerprint density at radius 3 is 2.75 bits per heavy atom. The monoisotopic (exact) mass is 514 g/mol. The Kier molecular flexibility index (Phi) is 11.0. The topological polar surface area (TPSA) is 105 Å². The van der Waals surface area contributed by atoms with Gasteiger partial charge in [0.2, 0.25) is 11.8 Å². The maximum absolute atomic E-state index is 13.1. The lowest BCUT2D eigenvalue weighted by molar-refractivity contribution is -0.145. The summed E-state index contributed by atoms with van der Waals surface area (Å²) in [7, 11) is 1.33. The van der Waals surface area contributed by atoms with Crippen molar-refractivity contribution in [2.75, 3.05) is 45.3 Å². The van der Waals surface area contributed by atoms with Crippen molar-refractivity contribution < 1.29 is 19.1 Å². The molecular formula is C27H38N4O4S. The number of ether oxygens (including phenoxy) is 1. The van der Waals surface area contributed by atoms with Crippen LogP contribution >= 0.6 is 11.8 Å². The third-order valence-electron chi connectivity index (χ3n) is 6.60. The summed E-state index contributed by atoms with van der Waals surface area (Å²) in [4.78, 5) is 42.0. The van der Waals surface area contributed by atoms with Gasteiger partial charge in [-0.25, -0.2) is 4.79 Å². The predicted molar refractivity (Wildman–Crippen MR) is 145 cm³/mol. The Labute approximate surface area is 217 Å². The van der Waals surface area contributed by atoms with Crippen molar-refractivity contribution in [3.05, 3.63) is 48.0 Å². The molecule has 9 heteroatoms. The van der Waals surface area contributed by atoms with E-state index in [0.29, 0.717) is 32.5 Å². The van der Waals surface area contributed by atoms with Gasteiger partial charge in [-0.3, -0.25) is 14.5 Å². The lowest BCUT2D eigenvalue weighted by Crippen LogP contribution is -2.49. The number of fused-ring (bicyclic) bond motifs is 1. The van der Waals surface area contributed by atoms with Crippen molar-refractivity contribution in [3.63, 3.8) is 0 Å². The van der Waals surface area contributed by atoms with E-state index in [4.69, 9.17) is 10.5 Å². The van der Waals surface area contributed by atoms with Crippen LogP contribution in [0, 0.1) is 0 Å². The number of hydrogen-bond donors (Lipinski definition) is 2. The zero-order valence-corrected chi connectivity index (χ0v) is 22.1. The van der Waals surface area contributed by atoms with Crippen LogP contribution in [0.25, 0.3) is 10.8 Å². The van der Waals surface area contributed by atoms with Crippen LogP contribution in [0.3, 0.4) is 0 Å². The number of nitrogens with one attached hydrogen (secondary N) is 1. The molecule has 1 fully saturated rings. The molecule has 2 amide bonds. The molecule has 3 N–H and O–H groups in total. The minimum absolute atomic E-state index is 0.0275. The van der Waals surface area contributed by atoms with Gasteiger partial charge in [0.1, 0.15) is 6.04 Å². The molecule has 0 bridgehead atoms. The summed E-state index contributed by atoms with van der Waals surface area (Å²) in [6.45, 7) is 2.29. The molecule has 36 heavy (non-hydrogen) atoms. The SMILES string of the molecule is COC(=O)C(CCSC)NC(=O)CN(Cc1cccc2ccccc12)C[C@@H]1CCCN1C(=O)CCN. The van der Waals surface area contributed by atoms with Gasteiger partial charge in [0.25, 0.3) is 0 Å². The zero-order chi connectivity index (χ0) is 25.9. The molecule has 0 saturated carbocycles. The molecule has 196 valence electrons. The number of amides is 2. The van der Waals surface area contributed by atoms with E-state index in [1.165, 1.54) is 7.11 Å². The fourth-order valence-electron chi connectivity index (χ4n) is 4.85. The average Bonchev–Trinajstić information content (AvgIpc) is 3.34. The number of carbonyl (C=O) groups excluding carboxylic acids is 3. The number of hydrogen-bond acceptors (Lipinski definition) is 7. The first kappa shape index (κ1) is 28.0. The predicted octanol–water partition coefficient (Wildman–Crippen LogP) is 2.39. The summed E-state index contributed by atoms with van der Waals surface area (Å²) >= 11 is 1.61. The number of methoxy groups -OCH3 is 1. The normalized spacial score (nSPS) is 16.3. The summed E-state index contributed by atoms with van der Waals surface area (Å²) in [6.07, 6.45) is 4.63. The van der Waals surface area contributed by atoms with Gasteiger partial charge in [0.15, 0.2) is 0 Å². The molecule has 1 aliphatic rings. The number of likely N-dealkylation sites (tertiary alicyclic amines) is 1. The molecule has 2 atom stereocenters. The summed E-state index contributed by atoms with van der Waals surface area (Å²) in [5, 5.41) is 5.15. The van der Waals surface area contributed by atoms with Crippen LogP contribution in [0.15, 0.2) is 42.5 Å². The van der Waals surface area contributed by atoms with Gasteiger partial charge in [-0.2, -0.15) is 11.8 Å². The minimum Gasteiger partial charge on any atom is -0.467 e. The van der Waals surface area contributed by atoms with Gasteiger partial charge in [-0.05, 0) is 47.6 Å². The van der Waals surface area contributed by atoms with E-state index in [1.54, 1.807) is 11.8 Å². The molecule has 0 aromatic heterocycles. The Hall–Kier alpha value is -2.62. The number of esters is 1. The Balaban J connectivity index is 1.79. The second kappa shape index (κ2) is 14.2. The maximum atomic E-state index is 13.1. The fourth-order valence-corrected chi connectivity index (χ4v) is 5.32. The van der Waals surface area contributed by atoms with E-state index in [2.05, 4.69) is 34.5 Å². The summed E-state index contributed by atoms with van der Waals surface area (Å²) in [6, 6.07) is 13.7. The second-order valence-corrected chi connectivity index (χ2v) is 10.1. The first-order valence-corrected chi connectivity index (χ1v) is 13.9. The molecule has 3 rings (SSSR count). The van der Waals surface area contributed by atoms with Crippen LogP contribution in [-0.2, 0) is 25.7 Å². The van der Waals surface area contributed by atoms with Crippen molar-refractivity contribution in [1.82, 2.24) is 15.1 Å². The van der Waals surface area contributed by atoms with Crippen LogP contribution in [-0.4, -0.2) is 85.0 Å². The van der Waals surface area contributed by atoms with Crippen LogP contribution in [0.4, 0.5) is 0 Å². The third kappa shape index (κ3) is 7.69. The van der Waals surface area contributed by atoms with Crippen LogP contribution < -0.4 is 11.1 Å². The van der Waals surface area contributed by atoms with Crippen molar-refractivity contribution in [2.24, 2.45) is 5.73 Å². The van der Waals surface area contributed by atoms with Crippen molar-refractivity contribution in [1.29, 1.82) is 0 Å².